The molecule has 0 aliphatic heterocycles. The lowest BCUT2D eigenvalue weighted by molar-refractivity contribution is 0.235. The third-order valence-electron chi connectivity index (χ3n) is 4.26. The number of nitrogens with zero attached hydrogens (tertiary/aromatic N) is 3. The van der Waals surface area contributed by atoms with Crippen molar-refractivity contribution in [2.24, 2.45) is 0 Å². The van der Waals surface area contributed by atoms with E-state index in [4.69, 9.17) is 35.1 Å². The number of benzene rings is 2. The van der Waals surface area contributed by atoms with Gasteiger partial charge in [-0.25, -0.2) is 15.0 Å². The SMILES string of the molecule is Nc1ccc2nc(-c3ccc(O[P+](O)(O)O)cc3)c(-c3ccc(O[P+](O)(O)O)cc3)nc2n1. The molecular formula is C19H18N4O8P2+2. The van der Waals surface area contributed by atoms with Crippen molar-refractivity contribution in [1.29, 1.82) is 0 Å². The van der Waals surface area contributed by atoms with Crippen LogP contribution in [0.5, 0.6) is 11.5 Å². The molecule has 2 aromatic heterocycles. The largest absolute Gasteiger partial charge is 0.613 e. The normalized spacial score (nSPS) is 12.1. The van der Waals surface area contributed by atoms with E-state index >= 15 is 0 Å². The summed E-state index contributed by atoms with van der Waals surface area (Å²) in [5.41, 5.74) is 8.56. The molecule has 0 fully saturated rings. The molecule has 0 aliphatic rings. The molecule has 0 radical (unpaired) electrons. The van der Waals surface area contributed by atoms with Gasteiger partial charge in [-0.15, -0.1) is 0 Å². The quantitative estimate of drug-likeness (QED) is 0.193. The Hall–Kier alpha value is -3.05. The molecule has 0 aliphatic carbocycles. The first-order valence-corrected chi connectivity index (χ1v) is 12.3. The molecule has 170 valence electrons. The van der Waals surface area contributed by atoms with Crippen molar-refractivity contribution in [3.63, 3.8) is 0 Å². The summed E-state index contributed by atoms with van der Waals surface area (Å²) >= 11 is 0. The van der Waals surface area contributed by atoms with Gasteiger partial charge in [0.2, 0.25) is 0 Å². The van der Waals surface area contributed by atoms with Crippen LogP contribution in [0.15, 0.2) is 60.7 Å². The van der Waals surface area contributed by atoms with E-state index in [1.54, 1.807) is 36.4 Å². The zero-order valence-corrected chi connectivity index (χ0v) is 18.4. The smallest absolute Gasteiger partial charge is 0.384 e. The second-order valence-corrected chi connectivity index (χ2v) is 9.18. The third kappa shape index (κ3) is 5.85. The summed E-state index contributed by atoms with van der Waals surface area (Å²) in [6.07, 6.45) is 0. The highest BCUT2D eigenvalue weighted by Crippen LogP contribution is 2.47. The summed E-state index contributed by atoms with van der Waals surface area (Å²) in [6, 6.07) is 15.3. The van der Waals surface area contributed by atoms with Crippen LogP contribution in [-0.2, 0) is 0 Å². The second-order valence-electron chi connectivity index (χ2n) is 6.76. The van der Waals surface area contributed by atoms with E-state index in [0.717, 1.165) is 0 Å². The van der Waals surface area contributed by atoms with Gasteiger partial charge in [0.15, 0.2) is 17.1 Å². The Kier molecular flexibility index (Phi) is 6.10. The van der Waals surface area contributed by atoms with Crippen LogP contribution in [0.3, 0.4) is 0 Å². The number of hydrogen-bond acceptors (Lipinski definition) is 12. The van der Waals surface area contributed by atoms with Crippen LogP contribution >= 0.6 is 16.3 Å². The number of hydrogen-bond donors (Lipinski definition) is 7. The predicted molar refractivity (Wildman–Crippen MR) is 121 cm³/mol. The van der Waals surface area contributed by atoms with Gasteiger partial charge in [-0.3, -0.25) is 9.05 Å². The van der Waals surface area contributed by atoms with Crippen LogP contribution in [0.4, 0.5) is 5.82 Å². The molecule has 0 bridgehead atoms. The first-order chi connectivity index (χ1) is 15.5. The van der Waals surface area contributed by atoms with Gasteiger partial charge in [0.1, 0.15) is 11.3 Å². The van der Waals surface area contributed by atoms with Gasteiger partial charge in [-0.05, 0) is 60.7 Å². The van der Waals surface area contributed by atoms with E-state index in [-0.39, 0.29) is 17.3 Å². The molecule has 12 nitrogen and oxygen atoms in total. The highest BCUT2D eigenvalue weighted by atomic mass is 31.2. The Morgan fingerprint density at radius 2 is 1.03 bits per heavy atom. The maximum atomic E-state index is 9.09. The van der Waals surface area contributed by atoms with Crippen LogP contribution < -0.4 is 14.8 Å². The number of nitrogens with two attached hydrogens (primary N) is 1. The third-order valence-corrected chi connectivity index (χ3v) is 5.17. The molecule has 33 heavy (non-hydrogen) atoms. The molecule has 0 atom stereocenters. The fourth-order valence-electron chi connectivity index (χ4n) is 2.99. The Morgan fingerprint density at radius 1 is 0.576 bits per heavy atom. The molecule has 8 N–H and O–H groups in total. The molecular weight excluding hydrogens is 474 g/mol. The van der Waals surface area contributed by atoms with Crippen LogP contribution in [0.25, 0.3) is 33.7 Å². The average molecular weight is 492 g/mol. The van der Waals surface area contributed by atoms with E-state index < -0.39 is 16.3 Å². The van der Waals surface area contributed by atoms with Gasteiger partial charge >= 0.3 is 16.3 Å². The van der Waals surface area contributed by atoms with Gasteiger partial charge in [0, 0.05) is 11.1 Å². The molecule has 4 aromatic rings. The molecule has 0 saturated heterocycles. The van der Waals surface area contributed by atoms with Gasteiger partial charge in [0.05, 0.1) is 11.4 Å². The maximum Gasteiger partial charge on any atom is 0.613 e. The number of aromatic nitrogens is 3. The number of rotatable bonds is 6. The van der Waals surface area contributed by atoms with Gasteiger partial charge in [-0.1, -0.05) is 0 Å². The molecule has 2 aromatic carbocycles. The fourth-order valence-corrected chi connectivity index (χ4v) is 3.80. The molecule has 0 saturated carbocycles. The minimum atomic E-state index is -4.45. The zero-order chi connectivity index (χ0) is 23.8. The van der Waals surface area contributed by atoms with E-state index in [1.807, 2.05) is 0 Å². The molecule has 0 unspecified atom stereocenters. The van der Waals surface area contributed by atoms with E-state index in [1.165, 1.54) is 24.3 Å². The summed E-state index contributed by atoms with van der Waals surface area (Å²) in [6.45, 7) is 0. The molecule has 2 heterocycles. The fraction of sp³-hybridized carbons (Fsp3) is 0. The monoisotopic (exact) mass is 492 g/mol. The minimum Gasteiger partial charge on any atom is -0.384 e. The van der Waals surface area contributed by atoms with Gasteiger partial charge < -0.3 is 5.73 Å². The summed E-state index contributed by atoms with van der Waals surface area (Å²) in [5.74, 6) is 0.330. The number of pyridine rings is 1. The summed E-state index contributed by atoms with van der Waals surface area (Å²) in [4.78, 5) is 68.0. The van der Waals surface area contributed by atoms with E-state index in [2.05, 4.69) is 24.0 Å². The first kappa shape index (κ1) is 23.1. The van der Waals surface area contributed by atoms with Crippen molar-refractivity contribution >= 4 is 33.3 Å². The predicted octanol–water partition coefficient (Wildman–Crippen LogP) is 2.01. The lowest BCUT2D eigenvalue weighted by Crippen LogP contribution is -2.00. The molecule has 14 heteroatoms. The van der Waals surface area contributed by atoms with Crippen molar-refractivity contribution in [2.75, 3.05) is 5.73 Å². The lowest BCUT2D eigenvalue weighted by Gasteiger charge is -2.11. The second kappa shape index (κ2) is 8.71. The Labute approximate surface area is 187 Å². The number of fused-ring (bicyclic) bond motifs is 1. The maximum absolute atomic E-state index is 9.09. The average Bonchev–Trinajstić information content (AvgIpc) is 2.72. The Balaban J connectivity index is 1.80. The Bertz CT molecular complexity index is 1290. The van der Waals surface area contributed by atoms with E-state index in [0.29, 0.717) is 33.7 Å². The highest BCUT2D eigenvalue weighted by molar-refractivity contribution is 7.54. The van der Waals surface area contributed by atoms with Crippen molar-refractivity contribution in [1.82, 2.24) is 15.0 Å². The number of nitrogen functional groups attached to an aromatic ring is 1. The van der Waals surface area contributed by atoms with Crippen LogP contribution in [0.1, 0.15) is 0 Å². The van der Waals surface area contributed by atoms with Crippen molar-refractivity contribution < 1.29 is 38.4 Å². The molecule has 0 amide bonds. The summed E-state index contributed by atoms with van der Waals surface area (Å²) in [5, 5.41) is 0. The van der Waals surface area contributed by atoms with Crippen molar-refractivity contribution in [3.05, 3.63) is 60.7 Å². The number of anilines is 1. The van der Waals surface area contributed by atoms with Gasteiger partial charge in [0.25, 0.3) is 0 Å². The van der Waals surface area contributed by atoms with Crippen LogP contribution in [-0.4, -0.2) is 44.3 Å². The van der Waals surface area contributed by atoms with Gasteiger partial charge in [-0.2, -0.15) is 29.4 Å². The lowest BCUT2D eigenvalue weighted by atomic mass is 10.0. The van der Waals surface area contributed by atoms with E-state index in [9.17, 15) is 0 Å². The zero-order valence-electron chi connectivity index (χ0n) is 16.6. The summed E-state index contributed by atoms with van der Waals surface area (Å²) in [7, 11) is -8.91. The molecule has 4 rings (SSSR count). The topological polar surface area (TPSA) is 205 Å². The standard InChI is InChI=1S/C19H18N4O8P2/c20-16-10-9-15-19(22-16)23-18(12-3-7-14(8-4-12)31-33(27,28)29)17(21-15)11-1-5-13(6-2-11)30-32(24,25)26/h1-10,24-29H,(H2,20,22,23)/q+2. The Morgan fingerprint density at radius 3 is 1.48 bits per heavy atom. The van der Waals surface area contributed by atoms with Crippen LogP contribution in [0, 0.1) is 0 Å². The van der Waals surface area contributed by atoms with Crippen molar-refractivity contribution in [3.8, 4) is 34.0 Å². The van der Waals surface area contributed by atoms with Crippen molar-refractivity contribution in [2.45, 2.75) is 0 Å². The highest BCUT2D eigenvalue weighted by Gasteiger charge is 2.35. The summed E-state index contributed by atoms with van der Waals surface area (Å²) < 4.78 is 9.38. The van der Waals surface area contributed by atoms with Crippen LogP contribution in [0.2, 0.25) is 0 Å². The first-order valence-electron chi connectivity index (χ1n) is 9.16. The minimum absolute atomic E-state index is 0.0302. The molecule has 0 spiro atoms.